The second-order valence-corrected chi connectivity index (χ2v) is 6.38. The molecule has 2 nitrogen and oxygen atoms in total. The summed E-state index contributed by atoms with van der Waals surface area (Å²) in [4.78, 5) is 0. The minimum Gasteiger partial charge on any atom is -1.00 e. The molecular weight excluding hydrogens is 240 g/mol. The smallest absolute Gasteiger partial charge is 1.00 e. The molecule has 0 aromatic rings. The zero-order valence-corrected chi connectivity index (χ0v) is 13.5. The van der Waals surface area contributed by atoms with Crippen LogP contribution < -0.4 is 12.4 Å². The third-order valence-corrected chi connectivity index (χ3v) is 3.44. The zero-order valence-electron chi connectivity index (χ0n) is 10.4. The Morgan fingerprint density at radius 3 is 1.60 bits per heavy atom. The first kappa shape index (κ1) is 21.5. The van der Waals surface area contributed by atoms with Crippen LogP contribution in [0.3, 0.4) is 0 Å². The molecule has 88 valence electrons. The van der Waals surface area contributed by atoms with Gasteiger partial charge in [0.25, 0.3) is 0 Å². The second-order valence-electron chi connectivity index (χ2n) is 3.54. The van der Waals surface area contributed by atoms with Crippen LogP contribution in [-0.2, 0) is 8.85 Å². The molecule has 0 saturated carbocycles. The molecule has 0 fully saturated rings. The number of unbranched alkanes of at least 4 members (excludes halogenated alkanes) is 2. The van der Waals surface area contributed by atoms with Crippen LogP contribution in [-0.4, -0.2) is 44.8 Å². The van der Waals surface area contributed by atoms with Crippen LogP contribution >= 0.6 is 0 Å². The normalized spacial score (nSPS) is 10.4. The van der Waals surface area contributed by atoms with Gasteiger partial charge in [-0.25, -0.2) is 0 Å². The number of hydrogen-bond acceptors (Lipinski definition) is 2. The second kappa shape index (κ2) is 13.3. The van der Waals surface area contributed by atoms with Crippen LogP contribution in [0.5, 0.6) is 0 Å². The molecule has 0 aliphatic carbocycles. The van der Waals surface area contributed by atoms with Crippen molar-refractivity contribution >= 4 is 31.6 Å². The van der Waals surface area contributed by atoms with Crippen molar-refractivity contribution in [2.24, 2.45) is 0 Å². The Morgan fingerprint density at radius 2 is 1.33 bits per heavy atom. The monoisotopic (exact) mass is 262 g/mol. The number of rotatable bonds is 8. The van der Waals surface area contributed by atoms with Crippen LogP contribution in [0.25, 0.3) is 0 Å². The molecule has 0 saturated heterocycles. The Hall–Kier alpha value is 1.19. The van der Waals surface area contributed by atoms with Crippen LogP contribution in [0.4, 0.5) is 0 Å². The molecule has 0 spiro atoms. The standard InChI is InChI=1S/C10H23O2Si.ClH.Mg/c1-5-7-9-11-13(3,4)12-10-8-6-2;;/h3,5-10H2,1-2,4H3;1H;/q-1;;+2/p-1. The summed E-state index contributed by atoms with van der Waals surface area (Å²) < 4.78 is 11.2. The van der Waals surface area contributed by atoms with Crippen LogP contribution in [0.1, 0.15) is 39.5 Å². The molecule has 5 heteroatoms. The average molecular weight is 263 g/mol. The van der Waals surface area contributed by atoms with Gasteiger partial charge >= 0.3 is 23.1 Å². The summed E-state index contributed by atoms with van der Waals surface area (Å²) in [5, 5.41) is 0. The van der Waals surface area contributed by atoms with E-state index in [1.807, 2.05) is 6.55 Å². The van der Waals surface area contributed by atoms with Gasteiger partial charge in [0.1, 0.15) is 0 Å². The summed E-state index contributed by atoms with van der Waals surface area (Å²) in [6.45, 7) is 11.9. The van der Waals surface area contributed by atoms with E-state index in [9.17, 15) is 0 Å². The molecular formula is C10H23ClMgO2Si. The molecule has 0 amide bonds. The van der Waals surface area contributed by atoms with Crippen molar-refractivity contribution in [1.29, 1.82) is 0 Å². The molecule has 0 aliphatic rings. The van der Waals surface area contributed by atoms with Crippen molar-refractivity contribution in [2.75, 3.05) is 13.2 Å². The van der Waals surface area contributed by atoms with E-state index in [2.05, 4.69) is 20.4 Å². The third-order valence-electron chi connectivity index (χ3n) is 1.81. The number of halogens is 1. The molecule has 15 heavy (non-hydrogen) atoms. The average Bonchev–Trinajstić information content (AvgIpc) is 2.05. The molecule has 0 aromatic carbocycles. The van der Waals surface area contributed by atoms with Crippen molar-refractivity contribution in [3.8, 4) is 0 Å². The molecule has 0 bridgehead atoms. The van der Waals surface area contributed by atoms with Crippen molar-refractivity contribution in [3.63, 3.8) is 0 Å². The Balaban J connectivity index is -0.000000720. The zero-order chi connectivity index (χ0) is 10.2. The summed E-state index contributed by atoms with van der Waals surface area (Å²) in [7, 11) is -2.03. The van der Waals surface area contributed by atoms with Gasteiger partial charge in [0, 0.05) is 13.2 Å². The topological polar surface area (TPSA) is 18.5 Å². The van der Waals surface area contributed by atoms with Gasteiger partial charge in [0.2, 0.25) is 0 Å². The van der Waals surface area contributed by atoms with Gasteiger partial charge in [0.15, 0.2) is 8.56 Å². The van der Waals surface area contributed by atoms with Crippen LogP contribution in [0.2, 0.25) is 6.55 Å². The molecule has 0 heterocycles. The summed E-state index contributed by atoms with van der Waals surface area (Å²) in [5.74, 6) is 0. The first-order valence-corrected chi connectivity index (χ1v) is 7.78. The maximum Gasteiger partial charge on any atom is 2.00 e. The Morgan fingerprint density at radius 1 is 1.00 bits per heavy atom. The summed E-state index contributed by atoms with van der Waals surface area (Å²) in [5.41, 5.74) is 0. The van der Waals surface area contributed by atoms with Gasteiger partial charge in [-0.05, 0) is 19.4 Å². The van der Waals surface area contributed by atoms with E-state index in [0.29, 0.717) is 0 Å². The van der Waals surface area contributed by atoms with Gasteiger partial charge in [-0.15, -0.1) is 0 Å². The van der Waals surface area contributed by atoms with Crippen molar-refractivity contribution in [3.05, 3.63) is 6.55 Å². The fraction of sp³-hybridized carbons (Fsp3) is 0.900. The van der Waals surface area contributed by atoms with E-state index < -0.39 is 8.56 Å². The molecule has 0 aliphatic heterocycles. The molecule has 0 radical (unpaired) electrons. The third kappa shape index (κ3) is 15.2. The first-order chi connectivity index (χ1) is 6.12. The quantitative estimate of drug-likeness (QED) is 0.340. The van der Waals surface area contributed by atoms with Gasteiger partial charge in [-0.2, -0.15) is 0 Å². The van der Waals surface area contributed by atoms with Gasteiger partial charge in [0.05, 0.1) is 0 Å². The summed E-state index contributed by atoms with van der Waals surface area (Å²) >= 11 is 0. The van der Waals surface area contributed by atoms with E-state index >= 15 is 0 Å². The van der Waals surface area contributed by atoms with Gasteiger partial charge in [-0.3, -0.25) is 6.55 Å². The van der Waals surface area contributed by atoms with Crippen LogP contribution in [0, 0.1) is 6.55 Å². The maximum atomic E-state index is 5.62. The summed E-state index contributed by atoms with van der Waals surface area (Å²) in [6.07, 6.45) is 4.55. The van der Waals surface area contributed by atoms with E-state index in [4.69, 9.17) is 8.85 Å². The molecule has 0 unspecified atom stereocenters. The Bertz CT molecular complexity index is 114. The predicted molar refractivity (Wildman–Crippen MR) is 64.4 cm³/mol. The van der Waals surface area contributed by atoms with E-state index in [-0.39, 0.29) is 35.5 Å². The van der Waals surface area contributed by atoms with Gasteiger partial charge < -0.3 is 21.3 Å². The van der Waals surface area contributed by atoms with Crippen molar-refractivity contribution in [1.82, 2.24) is 0 Å². The van der Waals surface area contributed by atoms with E-state index in [1.54, 1.807) is 0 Å². The first-order valence-electron chi connectivity index (χ1n) is 5.25. The minimum absolute atomic E-state index is 0. The molecule has 0 rings (SSSR count). The fourth-order valence-corrected chi connectivity index (χ4v) is 2.14. The molecule has 0 atom stereocenters. The fourth-order valence-electron chi connectivity index (χ4n) is 0.906. The van der Waals surface area contributed by atoms with Crippen molar-refractivity contribution in [2.45, 2.75) is 46.1 Å². The largest absolute Gasteiger partial charge is 2.00 e. The Kier molecular flexibility index (Phi) is 19.0. The maximum absolute atomic E-state index is 5.62. The molecule has 0 N–H and O–H groups in total. The number of hydrogen-bond donors (Lipinski definition) is 0. The molecule has 0 aromatic heterocycles. The van der Waals surface area contributed by atoms with Crippen LogP contribution in [0.15, 0.2) is 0 Å². The van der Waals surface area contributed by atoms with E-state index in [1.165, 1.54) is 12.8 Å². The van der Waals surface area contributed by atoms with Crippen molar-refractivity contribution < 1.29 is 21.3 Å². The summed E-state index contributed by atoms with van der Waals surface area (Å²) in [6, 6.07) is 0. The SMILES string of the molecule is [CH2-][Si](C)(OCCCC)OCCCC.[Cl-].[Mg+2]. The van der Waals surface area contributed by atoms with E-state index in [0.717, 1.165) is 26.1 Å². The minimum atomic E-state index is -2.03. The predicted octanol–water partition coefficient (Wildman–Crippen LogP) is -0.312. The Labute approximate surface area is 118 Å². The van der Waals surface area contributed by atoms with Gasteiger partial charge in [-0.1, -0.05) is 26.7 Å².